The highest BCUT2D eigenvalue weighted by Gasteiger charge is 2.41. The molecule has 0 bridgehead atoms. The van der Waals surface area contributed by atoms with Crippen molar-refractivity contribution in [3.05, 3.63) is 21.9 Å². The van der Waals surface area contributed by atoms with Crippen LogP contribution in [-0.4, -0.2) is 24.2 Å². The van der Waals surface area contributed by atoms with Crippen molar-refractivity contribution in [1.29, 1.82) is 0 Å². The zero-order chi connectivity index (χ0) is 14.4. The van der Waals surface area contributed by atoms with E-state index < -0.39 is 0 Å². The van der Waals surface area contributed by atoms with E-state index in [-0.39, 0.29) is 12.5 Å². The molecule has 1 aromatic rings. The molecule has 20 heavy (non-hydrogen) atoms. The first-order valence-corrected chi connectivity index (χ1v) is 8.04. The highest BCUT2D eigenvalue weighted by Crippen LogP contribution is 2.48. The van der Waals surface area contributed by atoms with Crippen molar-refractivity contribution in [3.8, 4) is 11.8 Å². The maximum atomic E-state index is 12.2. The number of thiophene rings is 1. The van der Waals surface area contributed by atoms with Crippen LogP contribution in [0.5, 0.6) is 0 Å². The van der Waals surface area contributed by atoms with Gasteiger partial charge in [0, 0.05) is 18.5 Å². The van der Waals surface area contributed by atoms with E-state index in [1.807, 2.05) is 11.4 Å². The lowest BCUT2D eigenvalue weighted by Crippen LogP contribution is -2.30. The van der Waals surface area contributed by atoms with Gasteiger partial charge in [0.05, 0.1) is 6.61 Å². The largest absolute Gasteiger partial charge is 0.395 e. The summed E-state index contributed by atoms with van der Waals surface area (Å²) < 4.78 is 0. The summed E-state index contributed by atoms with van der Waals surface area (Å²) in [5.41, 5.74) is 1.13. The van der Waals surface area contributed by atoms with Crippen LogP contribution in [0.25, 0.3) is 0 Å². The molecule has 2 rings (SSSR count). The van der Waals surface area contributed by atoms with Gasteiger partial charge < -0.3 is 10.4 Å². The topological polar surface area (TPSA) is 49.3 Å². The van der Waals surface area contributed by atoms with Crippen LogP contribution in [0.15, 0.2) is 11.4 Å². The highest BCUT2D eigenvalue weighted by molar-refractivity contribution is 7.12. The van der Waals surface area contributed by atoms with Gasteiger partial charge in [0.15, 0.2) is 0 Å². The Labute approximate surface area is 124 Å². The number of nitrogens with one attached hydrogen (secondary N) is 1. The van der Waals surface area contributed by atoms with Crippen molar-refractivity contribution in [2.24, 2.45) is 5.41 Å². The second kappa shape index (κ2) is 6.92. The van der Waals surface area contributed by atoms with Gasteiger partial charge in [-0.05, 0) is 36.1 Å². The molecule has 1 fully saturated rings. The molecule has 1 aromatic heterocycles. The summed E-state index contributed by atoms with van der Waals surface area (Å²) >= 11 is 1.42. The Bertz CT molecular complexity index is 520. The molecule has 0 saturated heterocycles. The van der Waals surface area contributed by atoms with Gasteiger partial charge >= 0.3 is 0 Å². The predicted molar refractivity (Wildman–Crippen MR) is 81.8 cm³/mol. The van der Waals surface area contributed by atoms with E-state index in [2.05, 4.69) is 24.1 Å². The zero-order valence-electron chi connectivity index (χ0n) is 11.9. The third kappa shape index (κ3) is 3.84. The van der Waals surface area contributed by atoms with Gasteiger partial charge in [0.25, 0.3) is 5.91 Å². The maximum absolute atomic E-state index is 12.2. The Balaban J connectivity index is 1.93. The van der Waals surface area contributed by atoms with Crippen LogP contribution in [0.3, 0.4) is 0 Å². The van der Waals surface area contributed by atoms with Crippen LogP contribution in [-0.2, 0) is 0 Å². The summed E-state index contributed by atoms with van der Waals surface area (Å²) in [7, 11) is 0. The zero-order valence-corrected chi connectivity index (χ0v) is 12.7. The number of aliphatic hydroxyl groups excluding tert-OH is 1. The van der Waals surface area contributed by atoms with E-state index in [4.69, 9.17) is 5.11 Å². The minimum Gasteiger partial charge on any atom is -0.395 e. The fraction of sp³-hybridized carbons (Fsp3) is 0.562. The first kappa shape index (κ1) is 15.1. The van der Waals surface area contributed by atoms with Crippen molar-refractivity contribution in [3.63, 3.8) is 0 Å². The second-order valence-corrected chi connectivity index (χ2v) is 6.29. The number of hydrogen-bond donors (Lipinski definition) is 2. The number of amides is 1. The van der Waals surface area contributed by atoms with Crippen molar-refractivity contribution in [2.45, 2.75) is 39.0 Å². The Kier molecular flexibility index (Phi) is 5.22. The fourth-order valence-corrected chi connectivity index (χ4v) is 3.13. The van der Waals surface area contributed by atoms with E-state index in [0.29, 0.717) is 16.7 Å². The molecule has 4 heteroatoms. The number of aliphatic hydroxyl groups is 1. The quantitative estimate of drug-likeness (QED) is 0.792. The fourth-order valence-electron chi connectivity index (χ4n) is 2.37. The van der Waals surface area contributed by atoms with E-state index >= 15 is 0 Å². The predicted octanol–water partition coefficient (Wildman–Crippen LogP) is 2.79. The van der Waals surface area contributed by atoms with E-state index in [1.165, 1.54) is 37.0 Å². The van der Waals surface area contributed by atoms with Gasteiger partial charge in [0.2, 0.25) is 0 Å². The SMILES string of the molecule is CCCC1(CNC(=O)c2sccc2C#CCCO)CC1. The van der Waals surface area contributed by atoms with Crippen molar-refractivity contribution in [1.82, 2.24) is 5.32 Å². The Morgan fingerprint density at radius 1 is 1.55 bits per heavy atom. The minimum absolute atomic E-state index is 0.0179. The van der Waals surface area contributed by atoms with Crippen molar-refractivity contribution in [2.75, 3.05) is 13.2 Å². The van der Waals surface area contributed by atoms with Gasteiger partial charge in [-0.25, -0.2) is 0 Å². The van der Waals surface area contributed by atoms with E-state index in [9.17, 15) is 4.79 Å². The van der Waals surface area contributed by atoms with Gasteiger partial charge in [-0.3, -0.25) is 4.79 Å². The second-order valence-electron chi connectivity index (χ2n) is 5.37. The number of carbonyl (C=O) groups is 1. The third-order valence-electron chi connectivity index (χ3n) is 3.69. The summed E-state index contributed by atoms with van der Waals surface area (Å²) in [6.07, 6.45) is 5.27. The molecular formula is C16H21NO2S. The molecule has 1 aliphatic rings. The maximum Gasteiger partial charge on any atom is 0.262 e. The normalized spacial score (nSPS) is 15.3. The van der Waals surface area contributed by atoms with Gasteiger partial charge in [0.1, 0.15) is 4.88 Å². The summed E-state index contributed by atoms with van der Waals surface area (Å²) in [4.78, 5) is 12.9. The molecule has 0 aromatic carbocycles. The van der Waals surface area contributed by atoms with Gasteiger partial charge in [-0.1, -0.05) is 25.2 Å². The molecule has 0 aliphatic heterocycles. The van der Waals surface area contributed by atoms with E-state index in [0.717, 1.165) is 12.1 Å². The smallest absolute Gasteiger partial charge is 0.262 e. The van der Waals surface area contributed by atoms with Crippen LogP contribution in [0, 0.1) is 17.3 Å². The van der Waals surface area contributed by atoms with Crippen LogP contribution in [0.2, 0.25) is 0 Å². The molecule has 0 spiro atoms. The summed E-state index contributed by atoms with van der Waals surface area (Å²) in [5, 5.41) is 13.7. The Hall–Kier alpha value is -1.31. The Morgan fingerprint density at radius 3 is 3.00 bits per heavy atom. The molecule has 3 nitrogen and oxygen atoms in total. The number of carbonyl (C=O) groups excluding carboxylic acids is 1. The summed E-state index contributed by atoms with van der Waals surface area (Å²) in [5.74, 6) is 5.80. The number of rotatable bonds is 6. The monoisotopic (exact) mass is 291 g/mol. The van der Waals surface area contributed by atoms with Crippen LogP contribution < -0.4 is 5.32 Å². The molecule has 0 radical (unpaired) electrons. The summed E-state index contributed by atoms with van der Waals surface area (Å²) in [6.45, 7) is 3.02. The highest BCUT2D eigenvalue weighted by atomic mass is 32.1. The van der Waals surface area contributed by atoms with Gasteiger partial charge in [-0.2, -0.15) is 0 Å². The average Bonchev–Trinajstić information content (AvgIpc) is 3.04. The van der Waals surface area contributed by atoms with Crippen molar-refractivity contribution < 1.29 is 9.90 Å². The molecule has 108 valence electrons. The van der Waals surface area contributed by atoms with Crippen LogP contribution in [0.1, 0.15) is 54.3 Å². The lowest BCUT2D eigenvalue weighted by atomic mass is 10.0. The number of hydrogen-bond acceptors (Lipinski definition) is 3. The summed E-state index contributed by atoms with van der Waals surface area (Å²) in [6, 6.07) is 1.86. The molecule has 1 heterocycles. The molecule has 1 aliphatic carbocycles. The average molecular weight is 291 g/mol. The molecule has 1 saturated carbocycles. The van der Waals surface area contributed by atoms with Crippen molar-refractivity contribution >= 4 is 17.2 Å². The molecule has 0 unspecified atom stereocenters. The lowest BCUT2D eigenvalue weighted by Gasteiger charge is -2.14. The van der Waals surface area contributed by atoms with Crippen LogP contribution in [0.4, 0.5) is 0 Å². The minimum atomic E-state index is -0.0179. The first-order valence-electron chi connectivity index (χ1n) is 7.16. The lowest BCUT2D eigenvalue weighted by molar-refractivity contribution is 0.0947. The molecule has 1 amide bonds. The molecule has 0 atom stereocenters. The standard InChI is InChI=1S/C16H21NO2S/c1-2-7-16(8-9-16)12-17-15(19)14-13(6-11-20-14)5-3-4-10-18/h6,11,18H,2,4,7-10,12H2,1H3,(H,17,19). The van der Waals surface area contributed by atoms with E-state index in [1.54, 1.807) is 0 Å². The van der Waals surface area contributed by atoms with Gasteiger partial charge in [-0.15, -0.1) is 11.3 Å². The third-order valence-corrected chi connectivity index (χ3v) is 4.61. The molecule has 2 N–H and O–H groups in total. The first-order chi connectivity index (χ1) is 9.71. The molecular weight excluding hydrogens is 270 g/mol. The van der Waals surface area contributed by atoms with Crippen LogP contribution >= 0.6 is 11.3 Å². The Morgan fingerprint density at radius 2 is 2.35 bits per heavy atom.